The first-order chi connectivity index (χ1) is 28.4. The molecule has 59 heavy (non-hydrogen) atoms. The Morgan fingerprint density at radius 3 is 2.20 bits per heavy atom. The summed E-state index contributed by atoms with van der Waals surface area (Å²) in [5, 5.41) is 23.5. The highest BCUT2D eigenvalue weighted by atomic mass is 16.6. The number of phenolic OH excluding ortho intramolecular Hbond substituents is 1. The topological polar surface area (TPSA) is 176 Å². The largest absolute Gasteiger partial charge is 0.508 e. The zero-order valence-corrected chi connectivity index (χ0v) is 35.7. The summed E-state index contributed by atoms with van der Waals surface area (Å²) in [7, 11) is 3.90. The Kier molecular flexibility index (Phi) is 16.7. The van der Waals surface area contributed by atoms with Crippen LogP contribution in [0, 0.1) is 0 Å². The molecule has 2 amide bonds. The summed E-state index contributed by atoms with van der Waals surface area (Å²) in [5.74, 6) is -3.20. The van der Waals surface area contributed by atoms with E-state index in [2.05, 4.69) is 12.2 Å². The van der Waals surface area contributed by atoms with Crippen molar-refractivity contribution in [1.82, 2.24) is 20.1 Å². The Morgan fingerprint density at radius 1 is 0.949 bits per heavy atom. The lowest BCUT2D eigenvalue weighted by Gasteiger charge is -2.42. The number of cyclic esters (lactones) is 1. The molecular formula is C46H66N4O9. The number of fused-ring (bicyclic) bond motifs is 4. The summed E-state index contributed by atoms with van der Waals surface area (Å²) in [6.45, 7) is 4.57. The lowest BCUT2D eigenvalue weighted by atomic mass is 9.78. The number of nitrogens with zero attached hydrogens (tertiary/aromatic N) is 3. The maximum absolute atomic E-state index is 14.1. The maximum Gasteiger partial charge on any atom is 0.355 e. The smallest absolute Gasteiger partial charge is 0.355 e. The number of amides is 2. The second kappa shape index (κ2) is 21.7. The van der Waals surface area contributed by atoms with Crippen molar-refractivity contribution < 1.29 is 43.7 Å². The molecule has 0 radical (unpaired) electrons. The predicted octanol–water partition coefficient (Wildman–Crippen LogP) is 7.95. The van der Waals surface area contributed by atoms with Crippen molar-refractivity contribution in [3.63, 3.8) is 0 Å². The van der Waals surface area contributed by atoms with Crippen LogP contribution < -0.4 is 5.32 Å². The highest BCUT2D eigenvalue weighted by molar-refractivity contribution is 6.02. The molecule has 0 spiro atoms. The van der Waals surface area contributed by atoms with Gasteiger partial charge in [-0.1, -0.05) is 104 Å². The first kappa shape index (κ1) is 45.6. The Morgan fingerprint density at radius 2 is 1.59 bits per heavy atom. The number of aromatic hydroxyl groups is 1. The fourth-order valence-electron chi connectivity index (χ4n) is 8.97. The van der Waals surface area contributed by atoms with E-state index in [1.807, 2.05) is 19.0 Å². The van der Waals surface area contributed by atoms with Gasteiger partial charge in [0, 0.05) is 36.9 Å². The number of hydrogen-bond donors (Lipinski definition) is 3. The SMILES string of the molecule is CCCCCCCCCCCCCCCCC(NC(=O)CCCC(=O)O[C@]1(CC)C(=O)OCC2=C1CC1c3nc4ccc(O)cc4c(CN(C)C)c3CN1C2=O)C(=O)O. The van der Waals surface area contributed by atoms with Gasteiger partial charge in [0.05, 0.1) is 22.8 Å². The molecule has 3 N–H and O–H groups in total. The number of esters is 2. The van der Waals surface area contributed by atoms with Crippen molar-refractivity contribution in [2.24, 2.45) is 0 Å². The molecule has 324 valence electrons. The van der Waals surface area contributed by atoms with E-state index in [9.17, 15) is 34.2 Å². The normalized spacial score (nSPS) is 19.1. The van der Waals surface area contributed by atoms with Crippen LogP contribution in [-0.2, 0) is 46.5 Å². The summed E-state index contributed by atoms with van der Waals surface area (Å²) < 4.78 is 11.5. The van der Waals surface area contributed by atoms with E-state index >= 15 is 0 Å². The van der Waals surface area contributed by atoms with Gasteiger partial charge in [0.25, 0.3) is 5.91 Å². The summed E-state index contributed by atoms with van der Waals surface area (Å²) >= 11 is 0. The average molecular weight is 819 g/mol. The molecule has 2 aromatic rings. The van der Waals surface area contributed by atoms with Gasteiger partial charge in [0.2, 0.25) is 11.5 Å². The van der Waals surface area contributed by atoms with Crippen molar-refractivity contribution in [3.8, 4) is 5.75 Å². The van der Waals surface area contributed by atoms with Gasteiger partial charge in [-0.2, -0.15) is 0 Å². The predicted molar refractivity (Wildman–Crippen MR) is 224 cm³/mol. The van der Waals surface area contributed by atoms with Gasteiger partial charge < -0.3 is 34.8 Å². The second-order valence-electron chi connectivity index (χ2n) is 16.9. The Bertz CT molecular complexity index is 1860. The summed E-state index contributed by atoms with van der Waals surface area (Å²) in [6.07, 6.45) is 17.2. The van der Waals surface area contributed by atoms with Crippen LogP contribution in [0.2, 0.25) is 0 Å². The minimum atomic E-state index is -1.81. The molecule has 3 aliphatic heterocycles. The quantitative estimate of drug-likeness (QED) is 0.0655. The van der Waals surface area contributed by atoms with E-state index in [0.29, 0.717) is 42.7 Å². The van der Waals surface area contributed by atoms with Gasteiger partial charge in [0.1, 0.15) is 18.4 Å². The van der Waals surface area contributed by atoms with Crippen molar-refractivity contribution in [2.75, 3.05) is 20.7 Å². The lowest BCUT2D eigenvalue weighted by Crippen LogP contribution is -2.53. The van der Waals surface area contributed by atoms with Crippen molar-refractivity contribution in [1.29, 1.82) is 0 Å². The van der Waals surface area contributed by atoms with Gasteiger partial charge in [0.15, 0.2) is 0 Å². The Labute approximate surface area is 349 Å². The number of phenols is 1. The van der Waals surface area contributed by atoms with Gasteiger partial charge in [-0.15, -0.1) is 0 Å². The van der Waals surface area contributed by atoms with Crippen LogP contribution in [0.5, 0.6) is 5.75 Å². The minimum absolute atomic E-state index is 0.0413. The Hall–Kier alpha value is -4.52. The third-order valence-electron chi connectivity index (χ3n) is 12.2. The van der Waals surface area contributed by atoms with Gasteiger partial charge in [-0.3, -0.25) is 19.4 Å². The number of benzene rings is 1. The number of carboxylic acid groups (broad SMARTS) is 1. The van der Waals surface area contributed by atoms with Gasteiger partial charge in [-0.05, 0) is 69.1 Å². The molecule has 4 heterocycles. The van der Waals surface area contributed by atoms with Crippen LogP contribution in [0.25, 0.3) is 10.9 Å². The minimum Gasteiger partial charge on any atom is -0.508 e. The highest BCUT2D eigenvalue weighted by Crippen LogP contribution is 2.49. The molecule has 2 unspecified atom stereocenters. The van der Waals surface area contributed by atoms with Gasteiger partial charge in [-0.25, -0.2) is 9.59 Å². The molecule has 0 bridgehead atoms. The third kappa shape index (κ3) is 11.4. The number of unbranched alkanes of at least 4 members (excludes halogenated alkanes) is 13. The van der Waals surface area contributed by atoms with E-state index in [1.165, 1.54) is 64.2 Å². The number of aromatic nitrogens is 1. The molecule has 0 saturated carbocycles. The molecular weight excluding hydrogens is 753 g/mol. The molecule has 1 aromatic heterocycles. The van der Waals surface area contributed by atoms with Gasteiger partial charge >= 0.3 is 17.9 Å². The van der Waals surface area contributed by atoms with Crippen molar-refractivity contribution >= 4 is 40.6 Å². The number of rotatable bonds is 25. The third-order valence-corrected chi connectivity index (χ3v) is 12.2. The number of nitrogens with one attached hydrogen (secondary N) is 1. The number of carbonyl (C=O) groups excluding carboxylic acids is 4. The summed E-state index contributed by atoms with van der Waals surface area (Å²) in [6, 6.07) is 3.52. The monoisotopic (exact) mass is 818 g/mol. The number of hydrogen-bond acceptors (Lipinski definition) is 10. The molecule has 0 aliphatic carbocycles. The lowest BCUT2D eigenvalue weighted by molar-refractivity contribution is -0.182. The molecule has 13 heteroatoms. The average Bonchev–Trinajstić information content (AvgIpc) is 3.57. The summed E-state index contributed by atoms with van der Waals surface area (Å²) in [5.41, 5.74) is 2.13. The van der Waals surface area contributed by atoms with Crippen LogP contribution >= 0.6 is 0 Å². The second-order valence-corrected chi connectivity index (χ2v) is 16.9. The van der Waals surface area contributed by atoms with E-state index in [-0.39, 0.29) is 55.9 Å². The fourth-order valence-corrected chi connectivity index (χ4v) is 8.97. The molecule has 1 aromatic carbocycles. The number of carboxylic acids is 1. The van der Waals surface area contributed by atoms with Crippen LogP contribution in [0.4, 0.5) is 0 Å². The van der Waals surface area contributed by atoms with Crippen LogP contribution in [-0.4, -0.2) is 87.1 Å². The first-order valence-corrected chi connectivity index (χ1v) is 22.1. The van der Waals surface area contributed by atoms with E-state index in [1.54, 1.807) is 30.0 Å². The van der Waals surface area contributed by atoms with E-state index in [0.717, 1.165) is 35.8 Å². The fraction of sp³-hybridized carbons (Fsp3) is 0.652. The molecule has 3 aliphatic rings. The molecule has 3 atom stereocenters. The standard InChI is InChI=1S/C46H66N4O9/c1-5-7-8-9-10-11-12-13-14-15-16-17-18-19-21-38(44(55)56)47-40(52)22-20-23-41(53)59-46(6-2)36-27-39-42-34(29-50(39)43(54)35(36)30-58-45(46)57)33(28-49(3)4)32-26-31(51)24-25-37(32)48-42/h24-26,38-39,51H,5-23,27-30H2,1-4H3,(H,47,52)(H,55,56)/t38?,39?,46-/m0/s1. The van der Waals surface area contributed by atoms with E-state index in [4.69, 9.17) is 14.5 Å². The zero-order valence-electron chi connectivity index (χ0n) is 35.7. The number of ether oxygens (including phenoxy) is 2. The van der Waals surface area contributed by atoms with Crippen LogP contribution in [0.1, 0.15) is 165 Å². The number of pyridine rings is 1. The van der Waals surface area contributed by atoms with Crippen molar-refractivity contribution in [3.05, 3.63) is 46.2 Å². The Balaban J connectivity index is 1.11. The molecule has 0 fully saturated rings. The molecule has 0 saturated heterocycles. The molecule has 13 nitrogen and oxygen atoms in total. The molecule has 5 rings (SSSR count). The number of carbonyl (C=O) groups is 5. The summed E-state index contributed by atoms with van der Waals surface area (Å²) in [4.78, 5) is 74.5. The highest BCUT2D eigenvalue weighted by Gasteiger charge is 2.56. The van der Waals surface area contributed by atoms with Crippen LogP contribution in [0.3, 0.4) is 0 Å². The number of aliphatic carboxylic acids is 1. The van der Waals surface area contributed by atoms with Crippen molar-refractivity contribution in [2.45, 2.75) is 173 Å². The zero-order chi connectivity index (χ0) is 42.5. The first-order valence-electron chi connectivity index (χ1n) is 22.1. The van der Waals surface area contributed by atoms with Crippen LogP contribution in [0.15, 0.2) is 29.3 Å². The maximum atomic E-state index is 14.1. The van der Waals surface area contributed by atoms with E-state index < -0.39 is 41.5 Å².